The Morgan fingerprint density at radius 1 is 1.06 bits per heavy atom. The van der Waals surface area contributed by atoms with E-state index in [2.05, 4.69) is 4.98 Å². The Morgan fingerprint density at radius 2 is 1.76 bits per heavy atom. The van der Waals surface area contributed by atoms with Crippen molar-refractivity contribution in [3.63, 3.8) is 0 Å². The zero-order chi connectivity index (χ0) is 23.4. The van der Waals surface area contributed by atoms with Gasteiger partial charge in [0.2, 0.25) is 0 Å². The number of carbonyl (C=O) groups is 3. The highest BCUT2D eigenvalue weighted by Crippen LogP contribution is 2.30. The van der Waals surface area contributed by atoms with Crippen LogP contribution in [-0.4, -0.2) is 54.5 Å². The second-order valence-corrected chi connectivity index (χ2v) is 8.21. The van der Waals surface area contributed by atoms with Crippen molar-refractivity contribution in [3.05, 3.63) is 65.2 Å². The van der Waals surface area contributed by atoms with Gasteiger partial charge in [0.15, 0.2) is 6.61 Å². The second-order valence-electron chi connectivity index (χ2n) is 7.81. The molecule has 1 amide bonds. The molecule has 0 spiro atoms. The van der Waals surface area contributed by atoms with Gasteiger partial charge < -0.3 is 14.4 Å². The van der Waals surface area contributed by atoms with E-state index in [1.165, 1.54) is 7.11 Å². The monoisotopic (exact) mass is 466 g/mol. The van der Waals surface area contributed by atoms with E-state index < -0.39 is 5.97 Å². The fraction of sp³-hybridized carbons (Fsp3) is 0.280. The van der Waals surface area contributed by atoms with Gasteiger partial charge in [-0.2, -0.15) is 0 Å². The number of para-hydroxylation sites is 1. The van der Waals surface area contributed by atoms with E-state index in [1.807, 2.05) is 36.4 Å². The molecule has 1 aliphatic heterocycles. The van der Waals surface area contributed by atoms with Crippen molar-refractivity contribution in [1.29, 1.82) is 0 Å². The van der Waals surface area contributed by atoms with Crippen LogP contribution in [0.2, 0.25) is 5.02 Å². The summed E-state index contributed by atoms with van der Waals surface area (Å²) in [6.45, 7) is 0.468. The van der Waals surface area contributed by atoms with Crippen LogP contribution in [0.5, 0.6) is 0 Å². The molecular formula is C25H23ClN2O5. The van der Waals surface area contributed by atoms with Crippen molar-refractivity contribution in [3.8, 4) is 11.3 Å². The summed E-state index contributed by atoms with van der Waals surface area (Å²) in [4.78, 5) is 43.5. The van der Waals surface area contributed by atoms with Crippen LogP contribution in [0.1, 0.15) is 23.2 Å². The minimum absolute atomic E-state index is 0.201. The molecular weight excluding hydrogens is 444 g/mol. The number of likely N-dealkylation sites (tertiary alicyclic amines) is 1. The Kier molecular flexibility index (Phi) is 6.89. The molecule has 1 aliphatic rings. The molecule has 2 heterocycles. The molecule has 7 nitrogen and oxygen atoms in total. The summed E-state index contributed by atoms with van der Waals surface area (Å²) >= 11 is 6.33. The number of hydrogen-bond donors (Lipinski definition) is 0. The quantitative estimate of drug-likeness (QED) is 0.526. The van der Waals surface area contributed by atoms with Gasteiger partial charge in [-0.05, 0) is 31.0 Å². The van der Waals surface area contributed by atoms with Crippen LogP contribution in [0.3, 0.4) is 0 Å². The van der Waals surface area contributed by atoms with Gasteiger partial charge in [0, 0.05) is 29.1 Å². The zero-order valence-electron chi connectivity index (χ0n) is 18.1. The number of piperidine rings is 1. The van der Waals surface area contributed by atoms with Crippen LogP contribution in [0.4, 0.5) is 0 Å². The average Bonchev–Trinajstić information content (AvgIpc) is 2.86. The van der Waals surface area contributed by atoms with E-state index in [9.17, 15) is 14.4 Å². The van der Waals surface area contributed by atoms with Crippen molar-refractivity contribution in [1.82, 2.24) is 9.88 Å². The first-order valence-corrected chi connectivity index (χ1v) is 11.0. The number of carbonyl (C=O) groups excluding carboxylic acids is 3. The molecule has 1 saturated heterocycles. The fourth-order valence-electron chi connectivity index (χ4n) is 3.98. The van der Waals surface area contributed by atoms with E-state index in [0.29, 0.717) is 58.7 Å². The smallest absolute Gasteiger partial charge is 0.339 e. The van der Waals surface area contributed by atoms with Crippen molar-refractivity contribution < 1.29 is 23.9 Å². The second kappa shape index (κ2) is 10.0. The molecule has 8 heteroatoms. The minimum Gasteiger partial charge on any atom is -0.469 e. The third-order valence-corrected chi connectivity index (χ3v) is 6.12. The Bertz CT molecular complexity index is 1200. The number of benzene rings is 2. The van der Waals surface area contributed by atoms with Gasteiger partial charge in [-0.3, -0.25) is 9.59 Å². The van der Waals surface area contributed by atoms with Crippen molar-refractivity contribution in [2.45, 2.75) is 12.8 Å². The maximum atomic E-state index is 13.0. The zero-order valence-corrected chi connectivity index (χ0v) is 18.9. The highest BCUT2D eigenvalue weighted by molar-refractivity contribution is 6.33. The predicted octanol–water partition coefficient (Wildman–Crippen LogP) is 4.12. The molecule has 0 radical (unpaired) electrons. The number of pyridine rings is 1. The third kappa shape index (κ3) is 4.98. The predicted molar refractivity (Wildman–Crippen MR) is 124 cm³/mol. The maximum Gasteiger partial charge on any atom is 0.339 e. The number of aromatic nitrogens is 1. The van der Waals surface area contributed by atoms with Crippen molar-refractivity contribution >= 4 is 40.3 Å². The number of esters is 2. The molecule has 4 rings (SSSR count). The van der Waals surface area contributed by atoms with Gasteiger partial charge >= 0.3 is 11.9 Å². The lowest BCUT2D eigenvalue weighted by molar-refractivity contribution is -0.149. The van der Waals surface area contributed by atoms with Crippen LogP contribution in [-0.2, 0) is 19.1 Å². The van der Waals surface area contributed by atoms with Gasteiger partial charge in [-0.15, -0.1) is 0 Å². The van der Waals surface area contributed by atoms with Crippen LogP contribution >= 0.6 is 11.6 Å². The highest BCUT2D eigenvalue weighted by atomic mass is 35.5. The summed E-state index contributed by atoms with van der Waals surface area (Å²) in [5, 5.41) is 1.15. The van der Waals surface area contributed by atoms with E-state index in [1.54, 1.807) is 23.1 Å². The number of hydrogen-bond acceptors (Lipinski definition) is 6. The first-order chi connectivity index (χ1) is 16.0. The van der Waals surface area contributed by atoms with E-state index in [0.717, 1.165) is 0 Å². The van der Waals surface area contributed by atoms with Gasteiger partial charge in [0.05, 0.1) is 29.8 Å². The summed E-state index contributed by atoms with van der Waals surface area (Å²) in [6, 6.07) is 16.1. The molecule has 3 aromatic rings. The molecule has 0 unspecified atom stereocenters. The molecule has 0 N–H and O–H groups in total. The Balaban J connectivity index is 1.50. The number of ether oxygens (including phenoxy) is 2. The number of halogens is 1. The molecule has 1 fully saturated rings. The SMILES string of the molecule is COC(=O)C1CCN(C(=O)COC(=O)c2cc(-c3ccccc3Cl)nc3ccccc23)CC1. The number of methoxy groups -OCH3 is 1. The van der Waals surface area contributed by atoms with Crippen LogP contribution in [0.25, 0.3) is 22.2 Å². The molecule has 0 saturated carbocycles. The standard InChI is InChI=1S/C25H23ClN2O5/c1-32-24(30)16-10-12-28(13-11-16)23(29)15-33-25(31)19-14-22(18-7-2-4-8-20(18)26)27-21-9-5-3-6-17(19)21/h2-9,14,16H,10-13,15H2,1H3. The van der Waals surface area contributed by atoms with Crippen LogP contribution in [0, 0.1) is 5.92 Å². The lowest BCUT2D eigenvalue weighted by Crippen LogP contribution is -2.42. The minimum atomic E-state index is -0.611. The average molecular weight is 467 g/mol. The highest BCUT2D eigenvalue weighted by Gasteiger charge is 2.28. The molecule has 0 aliphatic carbocycles. The first kappa shape index (κ1) is 22.7. The molecule has 170 valence electrons. The number of nitrogens with zero attached hydrogens (tertiary/aromatic N) is 2. The van der Waals surface area contributed by atoms with E-state index in [4.69, 9.17) is 21.1 Å². The number of rotatable bonds is 5. The lowest BCUT2D eigenvalue weighted by atomic mass is 9.97. The number of fused-ring (bicyclic) bond motifs is 1. The Morgan fingerprint density at radius 3 is 2.48 bits per heavy atom. The van der Waals surface area contributed by atoms with Crippen LogP contribution < -0.4 is 0 Å². The summed E-state index contributed by atoms with van der Waals surface area (Å²) in [6.07, 6.45) is 1.06. The van der Waals surface area contributed by atoms with Gasteiger partial charge in [0.25, 0.3) is 5.91 Å². The van der Waals surface area contributed by atoms with E-state index >= 15 is 0 Å². The fourth-order valence-corrected chi connectivity index (χ4v) is 4.21. The number of amides is 1. The summed E-state index contributed by atoms with van der Waals surface area (Å²) in [5.74, 6) is -1.36. The van der Waals surface area contributed by atoms with Crippen molar-refractivity contribution in [2.75, 3.05) is 26.8 Å². The van der Waals surface area contributed by atoms with Gasteiger partial charge in [-0.1, -0.05) is 48.0 Å². The van der Waals surface area contributed by atoms with E-state index in [-0.39, 0.29) is 24.4 Å². The Hall–Kier alpha value is -3.45. The Labute approximate surface area is 196 Å². The summed E-state index contributed by atoms with van der Waals surface area (Å²) < 4.78 is 10.2. The molecule has 2 aromatic carbocycles. The topological polar surface area (TPSA) is 85.8 Å². The molecule has 1 aromatic heterocycles. The first-order valence-electron chi connectivity index (χ1n) is 10.7. The third-order valence-electron chi connectivity index (χ3n) is 5.79. The maximum absolute atomic E-state index is 13.0. The molecule has 0 atom stereocenters. The molecule has 33 heavy (non-hydrogen) atoms. The molecule has 0 bridgehead atoms. The normalized spacial score (nSPS) is 14.2. The van der Waals surface area contributed by atoms with Gasteiger partial charge in [0.1, 0.15) is 0 Å². The summed E-state index contributed by atoms with van der Waals surface area (Å²) in [7, 11) is 1.36. The lowest BCUT2D eigenvalue weighted by Gasteiger charge is -2.30. The largest absolute Gasteiger partial charge is 0.469 e. The van der Waals surface area contributed by atoms with Crippen molar-refractivity contribution in [2.24, 2.45) is 5.92 Å². The van der Waals surface area contributed by atoms with Crippen LogP contribution in [0.15, 0.2) is 54.6 Å². The van der Waals surface area contributed by atoms with Gasteiger partial charge in [-0.25, -0.2) is 9.78 Å². The summed E-state index contributed by atoms with van der Waals surface area (Å²) in [5.41, 5.74) is 2.18.